The first-order chi connectivity index (χ1) is 10.3. The van der Waals surface area contributed by atoms with Crippen LogP contribution in [0.4, 0.5) is 0 Å². The monoisotopic (exact) mass is 276 g/mol. The summed E-state index contributed by atoms with van der Waals surface area (Å²) in [6.45, 7) is 0. The molecule has 21 heavy (non-hydrogen) atoms. The summed E-state index contributed by atoms with van der Waals surface area (Å²) in [5.74, 6) is -0.00467. The highest BCUT2D eigenvalue weighted by Crippen LogP contribution is 2.25. The van der Waals surface area contributed by atoms with Crippen molar-refractivity contribution in [3.63, 3.8) is 0 Å². The maximum atomic E-state index is 12.1. The molecule has 0 spiro atoms. The van der Waals surface area contributed by atoms with Gasteiger partial charge < -0.3 is 10.3 Å². The van der Waals surface area contributed by atoms with Gasteiger partial charge in [-0.05, 0) is 42.2 Å². The molecule has 1 aliphatic carbocycles. The van der Waals surface area contributed by atoms with Crippen molar-refractivity contribution in [3.05, 3.63) is 60.3 Å². The molecule has 0 bridgehead atoms. The smallest absolute Gasteiger partial charge is 0.267 e. The minimum atomic E-state index is -0.00467. The predicted molar refractivity (Wildman–Crippen MR) is 84.2 cm³/mol. The number of aromatic amines is 1. The van der Waals surface area contributed by atoms with Crippen LogP contribution in [0.1, 0.15) is 23.3 Å². The molecule has 1 heterocycles. The minimum absolute atomic E-state index is 0.00467. The molecule has 2 aromatic carbocycles. The lowest BCUT2D eigenvalue weighted by atomic mass is 10.0. The summed E-state index contributed by atoms with van der Waals surface area (Å²) in [4.78, 5) is 15.3. The normalized spacial score (nSPS) is 14.3. The van der Waals surface area contributed by atoms with Crippen molar-refractivity contribution in [3.8, 4) is 11.1 Å². The molecule has 1 aromatic heterocycles. The fourth-order valence-corrected chi connectivity index (χ4v) is 2.56. The molecule has 4 rings (SSSR count). The Morgan fingerprint density at radius 1 is 1.00 bits per heavy atom. The Morgan fingerprint density at radius 3 is 2.57 bits per heavy atom. The van der Waals surface area contributed by atoms with Crippen LogP contribution in [0.25, 0.3) is 22.0 Å². The standard InChI is InChI=1S/C18H16N2O/c21-18(19-15-7-8-15)17-11-14-10-13(6-9-16(14)20-17)12-4-2-1-3-5-12/h1-6,9-11,15,20H,7-8H2,(H,19,21). The third kappa shape index (κ3) is 2.42. The molecule has 3 nitrogen and oxygen atoms in total. The topological polar surface area (TPSA) is 44.9 Å². The highest BCUT2D eigenvalue weighted by Gasteiger charge is 2.24. The summed E-state index contributed by atoms with van der Waals surface area (Å²) in [7, 11) is 0. The molecule has 0 radical (unpaired) electrons. The summed E-state index contributed by atoms with van der Waals surface area (Å²) < 4.78 is 0. The average Bonchev–Trinajstić information content (AvgIpc) is 3.23. The van der Waals surface area contributed by atoms with Gasteiger partial charge >= 0.3 is 0 Å². The van der Waals surface area contributed by atoms with Crippen molar-refractivity contribution < 1.29 is 4.79 Å². The molecule has 0 atom stereocenters. The van der Waals surface area contributed by atoms with Crippen molar-refractivity contribution in [2.24, 2.45) is 0 Å². The molecule has 0 aliphatic heterocycles. The van der Waals surface area contributed by atoms with E-state index in [4.69, 9.17) is 0 Å². The van der Waals surface area contributed by atoms with Gasteiger partial charge in [-0.1, -0.05) is 36.4 Å². The predicted octanol–water partition coefficient (Wildman–Crippen LogP) is 3.73. The largest absolute Gasteiger partial charge is 0.351 e. The van der Waals surface area contributed by atoms with E-state index in [1.165, 1.54) is 5.56 Å². The van der Waals surface area contributed by atoms with Gasteiger partial charge in [0.25, 0.3) is 5.91 Å². The molecule has 0 saturated heterocycles. The molecular weight excluding hydrogens is 260 g/mol. The minimum Gasteiger partial charge on any atom is -0.351 e. The van der Waals surface area contributed by atoms with Gasteiger partial charge in [0.2, 0.25) is 0 Å². The number of fused-ring (bicyclic) bond motifs is 1. The van der Waals surface area contributed by atoms with Crippen LogP contribution in [-0.2, 0) is 0 Å². The lowest BCUT2D eigenvalue weighted by molar-refractivity contribution is 0.0947. The maximum Gasteiger partial charge on any atom is 0.267 e. The molecule has 1 saturated carbocycles. The van der Waals surface area contributed by atoms with Gasteiger partial charge in [-0.25, -0.2) is 0 Å². The fourth-order valence-electron chi connectivity index (χ4n) is 2.56. The number of carbonyl (C=O) groups is 1. The molecule has 3 heteroatoms. The highest BCUT2D eigenvalue weighted by atomic mass is 16.2. The summed E-state index contributed by atoms with van der Waals surface area (Å²) >= 11 is 0. The highest BCUT2D eigenvalue weighted by molar-refractivity contribution is 5.99. The molecule has 104 valence electrons. The van der Waals surface area contributed by atoms with E-state index in [0.717, 1.165) is 29.3 Å². The number of H-pyrrole nitrogens is 1. The molecule has 1 aliphatic rings. The van der Waals surface area contributed by atoms with E-state index >= 15 is 0 Å². The number of aromatic nitrogens is 1. The third-order valence-corrected chi connectivity index (χ3v) is 3.89. The molecule has 2 N–H and O–H groups in total. The Balaban J connectivity index is 1.69. The summed E-state index contributed by atoms with van der Waals surface area (Å²) in [6.07, 6.45) is 2.20. The van der Waals surface area contributed by atoms with Crippen LogP contribution in [0.2, 0.25) is 0 Å². The fraction of sp³-hybridized carbons (Fsp3) is 0.167. The number of amides is 1. The molecule has 1 amide bonds. The average molecular weight is 276 g/mol. The van der Waals surface area contributed by atoms with E-state index in [9.17, 15) is 4.79 Å². The SMILES string of the molecule is O=C(NC1CC1)c1cc2cc(-c3ccccc3)ccc2[nH]1. The van der Waals surface area contributed by atoms with Gasteiger partial charge in [-0.3, -0.25) is 4.79 Å². The summed E-state index contributed by atoms with van der Waals surface area (Å²) in [6, 6.07) is 18.8. The van der Waals surface area contributed by atoms with Crippen molar-refractivity contribution in [2.75, 3.05) is 0 Å². The maximum absolute atomic E-state index is 12.1. The van der Waals surface area contributed by atoms with Crippen LogP contribution in [0, 0.1) is 0 Å². The summed E-state index contributed by atoms with van der Waals surface area (Å²) in [5, 5.41) is 4.07. The van der Waals surface area contributed by atoms with Crippen molar-refractivity contribution in [2.45, 2.75) is 18.9 Å². The van der Waals surface area contributed by atoms with Gasteiger partial charge in [0.15, 0.2) is 0 Å². The molecular formula is C18H16N2O. The summed E-state index contributed by atoms with van der Waals surface area (Å²) in [5.41, 5.74) is 3.98. The zero-order valence-electron chi connectivity index (χ0n) is 11.6. The lowest BCUT2D eigenvalue weighted by Crippen LogP contribution is -2.25. The Labute approximate surface area is 123 Å². The van der Waals surface area contributed by atoms with E-state index in [1.807, 2.05) is 30.3 Å². The van der Waals surface area contributed by atoms with Gasteiger partial charge in [0.05, 0.1) is 0 Å². The van der Waals surface area contributed by atoms with Crippen LogP contribution >= 0.6 is 0 Å². The second kappa shape index (κ2) is 4.77. The van der Waals surface area contributed by atoms with Gasteiger partial charge in [0.1, 0.15) is 5.69 Å². The number of carbonyl (C=O) groups excluding carboxylic acids is 1. The zero-order valence-corrected chi connectivity index (χ0v) is 11.6. The van der Waals surface area contributed by atoms with Crippen molar-refractivity contribution >= 4 is 16.8 Å². The number of hydrogen-bond acceptors (Lipinski definition) is 1. The number of nitrogens with one attached hydrogen (secondary N) is 2. The van der Waals surface area contributed by atoms with Gasteiger partial charge in [-0.15, -0.1) is 0 Å². The van der Waals surface area contributed by atoms with Crippen LogP contribution in [-0.4, -0.2) is 16.9 Å². The third-order valence-electron chi connectivity index (χ3n) is 3.89. The quantitative estimate of drug-likeness (QED) is 0.752. The van der Waals surface area contributed by atoms with Crippen LogP contribution in [0.15, 0.2) is 54.6 Å². The first-order valence-electron chi connectivity index (χ1n) is 7.29. The van der Waals surface area contributed by atoms with E-state index < -0.39 is 0 Å². The first kappa shape index (κ1) is 12.2. The van der Waals surface area contributed by atoms with Crippen molar-refractivity contribution in [1.82, 2.24) is 10.3 Å². The van der Waals surface area contributed by atoms with Crippen molar-refractivity contribution in [1.29, 1.82) is 0 Å². The van der Waals surface area contributed by atoms with E-state index in [1.54, 1.807) is 0 Å². The van der Waals surface area contributed by atoms with Gasteiger partial charge in [0, 0.05) is 16.9 Å². The molecule has 1 fully saturated rings. The Kier molecular flexibility index (Phi) is 2.78. The Bertz CT molecular complexity index is 800. The second-order valence-corrected chi connectivity index (χ2v) is 5.60. The molecule has 3 aromatic rings. The second-order valence-electron chi connectivity index (χ2n) is 5.60. The Hall–Kier alpha value is -2.55. The van der Waals surface area contributed by atoms with Crippen LogP contribution in [0.5, 0.6) is 0 Å². The molecule has 0 unspecified atom stereocenters. The van der Waals surface area contributed by atoms with E-state index in [-0.39, 0.29) is 5.91 Å². The van der Waals surface area contributed by atoms with E-state index in [2.05, 4.69) is 34.6 Å². The number of benzene rings is 2. The van der Waals surface area contributed by atoms with Crippen LogP contribution in [0.3, 0.4) is 0 Å². The Morgan fingerprint density at radius 2 is 1.81 bits per heavy atom. The lowest BCUT2D eigenvalue weighted by Gasteiger charge is -2.00. The first-order valence-corrected chi connectivity index (χ1v) is 7.29. The van der Waals surface area contributed by atoms with E-state index in [0.29, 0.717) is 11.7 Å². The number of rotatable bonds is 3. The number of hydrogen-bond donors (Lipinski definition) is 2. The van der Waals surface area contributed by atoms with Gasteiger partial charge in [-0.2, -0.15) is 0 Å². The van der Waals surface area contributed by atoms with Crippen LogP contribution < -0.4 is 5.32 Å². The zero-order chi connectivity index (χ0) is 14.2.